The van der Waals surface area contributed by atoms with Crippen LogP contribution in [0, 0.1) is 0 Å². The van der Waals surface area contributed by atoms with Crippen molar-refractivity contribution in [3.63, 3.8) is 0 Å². The number of hydrogen-bond acceptors (Lipinski definition) is 5. The first-order valence-electron chi connectivity index (χ1n) is 7.74. The molecule has 1 heterocycles. The summed E-state index contributed by atoms with van der Waals surface area (Å²) >= 11 is 0. The number of ether oxygens (including phenoxy) is 1. The second kappa shape index (κ2) is 7.44. The van der Waals surface area contributed by atoms with E-state index in [9.17, 15) is 4.79 Å². The van der Waals surface area contributed by atoms with Gasteiger partial charge >= 0.3 is 0 Å². The minimum atomic E-state index is -0.342. The van der Waals surface area contributed by atoms with E-state index in [0.717, 1.165) is 5.69 Å². The predicted molar refractivity (Wildman–Crippen MR) is 97.5 cm³/mol. The van der Waals surface area contributed by atoms with E-state index in [0.29, 0.717) is 17.3 Å². The summed E-state index contributed by atoms with van der Waals surface area (Å²) in [5, 5.41) is 2.78. The van der Waals surface area contributed by atoms with Gasteiger partial charge in [0.25, 0.3) is 5.91 Å². The summed E-state index contributed by atoms with van der Waals surface area (Å²) in [5.41, 5.74) is 1.81. The van der Waals surface area contributed by atoms with Gasteiger partial charge in [0.15, 0.2) is 5.82 Å². The fraction of sp³-hybridized carbons (Fsp3) is 0.105. The fourth-order valence-corrected chi connectivity index (χ4v) is 2.33. The molecular formula is C19H18N4O2. The molecule has 6 nitrogen and oxygen atoms in total. The molecule has 0 spiro atoms. The van der Waals surface area contributed by atoms with Gasteiger partial charge in [0.2, 0.25) is 0 Å². The lowest BCUT2D eigenvalue weighted by molar-refractivity contribution is 0.102. The van der Waals surface area contributed by atoms with Crippen molar-refractivity contribution in [2.75, 3.05) is 24.4 Å². The van der Waals surface area contributed by atoms with Crippen molar-refractivity contribution in [1.29, 1.82) is 0 Å². The van der Waals surface area contributed by atoms with Crippen LogP contribution in [0.3, 0.4) is 0 Å². The van der Waals surface area contributed by atoms with E-state index >= 15 is 0 Å². The van der Waals surface area contributed by atoms with Gasteiger partial charge in [-0.3, -0.25) is 4.79 Å². The summed E-state index contributed by atoms with van der Waals surface area (Å²) in [5.74, 6) is 0.898. The van der Waals surface area contributed by atoms with Crippen molar-refractivity contribution < 1.29 is 9.53 Å². The Hall–Kier alpha value is -3.41. The molecule has 126 valence electrons. The van der Waals surface area contributed by atoms with Gasteiger partial charge in [0.1, 0.15) is 11.4 Å². The molecule has 0 fully saturated rings. The van der Waals surface area contributed by atoms with Crippen LogP contribution in [0.15, 0.2) is 67.0 Å². The number of amides is 1. The Morgan fingerprint density at radius 3 is 2.40 bits per heavy atom. The van der Waals surface area contributed by atoms with Crippen molar-refractivity contribution in [2.24, 2.45) is 0 Å². The lowest BCUT2D eigenvalue weighted by atomic mass is 10.3. The molecule has 0 saturated heterocycles. The fourth-order valence-electron chi connectivity index (χ4n) is 2.33. The number of aromatic nitrogens is 2. The molecule has 0 aliphatic rings. The van der Waals surface area contributed by atoms with Crippen molar-refractivity contribution in [3.05, 3.63) is 72.7 Å². The third kappa shape index (κ3) is 3.74. The zero-order valence-electron chi connectivity index (χ0n) is 14.0. The normalized spacial score (nSPS) is 10.2. The largest absolute Gasteiger partial charge is 0.495 e. The molecular weight excluding hydrogens is 316 g/mol. The monoisotopic (exact) mass is 334 g/mol. The molecule has 0 unspecified atom stereocenters. The third-order valence-corrected chi connectivity index (χ3v) is 3.71. The Morgan fingerprint density at radius 1 is 1.00 bits per heavy atom. The standard InChI is InChI=1S/C19H18N4O2/c1-23(14-8-4-3-5-9-14)18-13-20-16(12-21-18)19(24)22-15-10-6-7-11-17(15)25-2/h3-13H,1-2H3,(H,22,24). The van der Waals surface area contributed by atoms with Crippen molar-refractivity contribution >= 4 is 23.1 Å². The Kier molecular flexibility index (Phi) is 4.89. The van der Waals surface area contributed by atoms with Crippen LogP contribution in [0.2, 0.25) is 0 Å². The van der Waals surface area contributed by atoms with Gasteiger partial charge in [-0.25, -0.2) is 9.97 Å². The lowest BCUT2D eigenvalue weighted by Gasteiger charge is -2.17. The van der Waals surface area contributed by atoms with E-state index in [1.807, 2.05) is 54.4 Å². The summed E-state index contributed by atoms with van der Waals surface area (Å²) in [7, 11) is 3.45. The average Bonchev–Trinajstić information content (AvgIpc) is 2.68. The first-order chi connectivity index (χ1) is 12.2. The van der Waals surface area contributed by atoms with Gasteiger partial charge in [-0.05, 0) is 24.3 Å². The third-order valence-electron chi connectivity index (χ3n) is 3.71. The van der Waals surface area contributed by atoms with E-state index in [1.165, 1.54) is 6.20 Å². The second-order valence-electron chi connectivity index (χ2n) is 5.31. The molecule has 0 bridgehead atoms. The lowest BCUT2D eigenvalue weighted by Crippen LogP contribution is -2.16. The van der Waals surface area contributed by atoms with Crippen LogP contribution in [0.25, 0.3) is 0 Å². The van der Waals surface area contributed by atoms with Gasteiger partial charge in [-0.1, -0.05) is 30.3 Å². The number of rotatable bonds is 5. The minimum Gasteiger partial charge on any atom is -0.495 e. The predicted octanol–water partition coefficient (Wildman–Crippen LogP) is 3.51. The van der Waals surface area contributed by atoms with Crippen LogP contribution in [-0.2, 0) is 0 Å². The zero-order valence-corrected chi connectivity index (χ0v) is 14.0. The smallest absolute Gasteiger partial charge is 0.275 e. The quantitative estimate of drug-likeness (QED) is 0.773. The van der Waals surface area contributed by atoms with E-state index in [2.05, 4.69) is 15.3 Å². The molecule has 2 aromatic carbocycles. The van der Waals surface area contributed by atoms with Crippen LogP contribution in [0.1, 0.15) is 10.5 Å². The van der Waals surface area contributed by atoms with E-state index < -0.39 is 0 Å². The molecule has 0 saturated carbocycles. The molecule has 1 N–H and O–H groups in total. The maximum atomic E-state index is 12.4. The van der Waals surface area contributed by atoms with Crippen molar-refractivity contribution in [3.8, 4) is 5.75 Å². The number of para-hydroxylation sites is 3. The Morgan fingerprint density at radius 2 is 1.72 bits per heavy atom. The number of methoxy groups -OCH3 is 1. The van der Waals surface area contributed by atoms with Gasteiger partial charge in [-0.2, -0.15) is 0 Å². The molecule has 0 atom stereocenters. The van der Waals surface area contributed by atoms with Crippen molar-refractivity contribution in [1.82, 2.24) is 9.97 Å². The van der Waals surface area contributed by atoms with Crippen LogP contribution in [-0.4, -0.2) is 30.0 Å². The highest BCUT2D eigenvalue weighted by Gasteiger charge is 2.12. The summed E-state index contributed by atoms with van der Waals surface area (Å²) in [6.07, 6.45) is 3.03. The number of nitrogens with one attached hydrogen (secondary N) is 1. The summed E-state index contributed by atoms with van der Waals surface area (Å²) < 4.78 is 5.22. The molecule has 25 heavy (non-hydrogen) atoms. The second-order valence-corrected chi connectivity index (χ2v) is 5.31. The van der Waals surface area contributed by atoms with E-state index in [1.54, 1.807) is 25.4 Å². The summed E-state index contributed by atoms with van der Waals surface area (Å²) in [4.78, 5) is 22.8. The summed E-state index contributed by atoms with van der Waals surface area (Å²) in [6, 6.07) is 17.0. The SMILES string of the molecule is COc1ccccc1NC(=O)c1cnc(N(C)c2ccccc2)cn1. The van der Waals surface area contributed by atoms with Crippen LogP contribution < -0.4 is 15.0 Å². The molecule has 1 amide bonds. The highest BCUT2D eigenvalue weighted by Crippen LogP contribution is 2.24. The van der Waals surface area contributed by atoms with Crippen LogP contribution >= 0.6 is 0 Å². The number of benzene rings is 2. The van der Waals surface area contributed by atoms with Gasteiger partial charge in [0.05, 0.1) is 25.2 Å². The van der Waals surface area contributed by atoms with E-state index in [-0.39, 0.29) is 11.6 Å². The Balaban J connectivity index is 1.75. The van der Waals surface area contributed by atoms with Gasteiger partial charge < -0.3 is 15.0 Å². The number of carbonyl (C=O) groups is 1. The number of anilines is 3. The average molecular weight is 334 g/mol. The number of nitrogens with zero attached hydrogens (tertiary/aromatic N) is 3. The van der Waals surface area contributed by atoms with Crippen LogP contribution in [0.5, 0.6) is 5.75 Å². The molecule has 0 aliphatic heterocycles. The molecule has 3 aromatic rings. The highest BCUT2D eigenvalue weighted by atomic mass is 16.5. The maximum absolute atomic E-state index is 12.4. The Bertz CT molecular complexity index is 851. The van der Waals surface area contributed by atoms with Gasteiger partial charge in [-0.15, -0.1) is 0 Å². The first kappa shape index (κ1) is 16.4. The molecule has 0 radical (unpaired) electrons. The van der Waals surface area contributed by atoms with E-state index in [4.69, 9.17) is 4.74 Å². The highest BCUT2D eigenvalue weighted by molar-refractivity contribution is 6.03. The topological polar surface area (TPSA) is 67.3 Å². The molecule has 1 aromatic heterocycles. The number of carbonyl (C=O) groups excluding carboxylic acids is 1. The first-order valence-corrected chi connectivity index (χ1v) is 7.74. The molecule has 6 heteroatoms. The molecule has 0 aliphatic carbocycles. The van der Waals surface area contributed by atoms with Crippen molar-refractivity contribution in [2.45, 2.75) is 0 Å². The van der Waals surface area contributed by atoms with Crippen LogP contribution in [0.4, 0.5) is 17.2 Å². The van der Waals surface area contributed by atoms with Gasteiger partial charge in [0, 0.05) is 12.7 Å². The maximum Gasteiger partial charge on any atom is 0.275 e. The Labute approximate surface area is 146 Å². The zero-order chi connectivity index (χ0) is 17.6. The molecule has 3 rings (SSSR count). The minimum absolute atomic E-state index is 0.233. The summed E-state index contributed by atoms with van der Waals surface area (Å²) in [6.45, 7) is 0. The number of hydrogen-bond donors (Lipinski definition) is 1.